The maximum atomic E-state index is 5.32. The highest BCUT2D eigenvalue weighted by Gasteiger charge is 2.23. The largest absolute Gasteiger partial charge is 0.264 e. The zero-order chi connectivity index (χ0) is 39.1. The predicted octanol–water partition coefficient (Wildman–Crippen LogP) is 14.8. The molecular formula is C55H35N3S. The number of aromatic nitrogens is 3. The summed E-state index contributed by atoms with van der Waals surface area (Å²) in [6.45, 7) is 0. The zero-order valence-corrected chi connectivity index (χ0v) is 32.8. The van der Waals surface area contributed by atoms with Crippen LogP contribution in [0.25, 0.3) is 100 Å². The monoisotopic (exact) mass is 769 g/mol. The molecule has 3 heterocycles. The molecule has 276 valence electrons. The summed E-state index contributed by atoms with van der Waals surface area (Å²) in [4.78, 5) is 17.3. The maximum absolute atomic E-state index is 5.32. The Bertz CT molecular complexity index is 3180. The lowest BCUT2D eigenvalue weighted by atomic mass is 9.85. The van der Waals surface area contributed by atoms with Gasteiger partial charge in [-0.25, -0.2) is 9.97 Å². The molecule has 10 aromatic rings. The first kappa shape index (κ1) is 34.8. The van der Waals surface area contributed by atoms with Gasteiger partial charge in [-0.1, -0.05) is 188 Å². The van der Waals surface area contributed by atoms with Crippen molar-refractivity contribution < 1.29 is 0 Å². The average Bonchev–Trinajstić information content (AvgIpc) is 3.33. The van der Waals surface area contributed by atoms with E-state index in [1.165, 1.54) is 59.5 Å². The van der Waals surface area contributed by atoms with Gasteiger partial charge < -0.3 is 0 Å². The first-order valence-electron chi connectivity index (χ1n) is 19.8. The maximum Gasteiger partial charge on any atom is 0.160 e. The van der Waals surface area contributed by atoms with Crippen LogP contribution in [0.2, 0.25) is 0 Å². The second-order valence-electron chi connectivity index (χ2n) is 14.8. The standard InChI is InChI=1S/C55H35N3S/c1-2-14-38(15-3-1)51-34-52(58-55(57-51)39-26-24-36(25-27-39)41-16-12-32-56-35-41)40-29-30-47-45-20-7-6-18-43(45)44-19-8-9-21-46(44)48-22-10-11-23-53(48)59-54-42-17-5-4-13-37(42)28-31-49(54)50(47)33-40/h1-35H. The Morgan fingerprint density at radius 3 is 1.63 bits per heavy atom. The summed E-state index contributed by atoms with van der Waals surface area (Å²) in [6, 6.07) is 71.8. The molecule has 2 aromatic heterocycles. The Hall–Kier alpha value is -7.40. The topological polar surface area (TPSA) is 38.7 Å². The van der Waals surface area contributed by atoms with Crippen molar-refractivity contribution >= 4 is 22.5 Å². The lowest BCUT2D eigenvalue weighted by molar-refractivity contribution is 1.18. The fraction of sp³-hybridized carbons (Fsp3) is 0. The number of nitrogens with zero attached hydrogens (tertiary/aromatic N) is 3. The molecule has 8 aromatic carbocycles. The highest BCUT2D eigenvalue weighted by Crippen LogP contribution is 2.50. The number of hydrogen-bond acceptors (Lipinski definition) is 4. The van der Waals surface area contributed by atoms with E-state index in [4.69, 9.17) is 9.97 Å². The third-order valence-corrected chi connectivity index (χ3v) is 12.5. The summed E-state index contributed by atoms with van der Waals surface area (Å²) >= 11 is 1.85. The Labute approximate surface area is 347 Å². The Morgan fingerprint density at radius 2 is 0.898 bits per heavy atom. The van der Waals surface area contributed by atoms with E-state index in [1.54, 1.807) is 6.20 Å². The predicted molar refractivity (Wildman–Crippen MR) is 245 cm³/mol. The SMILES string of the molecule is c1ccc(-c2cc(-c3ccc4c(c3)-c3ccc5ccccc5c3Sc3ccccc3-c3ccccc3-c3ccccc3-4)nc(-c3ccc(-c4cccnc4)cc3)n2)cc1. The van der Waals surface area contributed by atoms with Crippen molar-refractivity contribution in [3.63, 3.8) is 0 Å². The van der Waals surface area contributed by atoms with Gasteiger partial charge >= 0.3 is 0 Å². The molecular weight excluding hydrogens is 735 g/mol. The summed E-state index contributed by atoms with van der Waals surface area (Å²) in [5.74, 6) is 0.677. The number of fused-ring (bicyclic) bond motifs is 11. The van der Waals surface area contributed by atoms with Crippen LogP contribution < -0.4 is 0 Å². The van der Waals surface area contributed by atoms with Crippen LogP contribution in [-0.4, -0.2) is 15.0 Å². The van der Waals surface area contributed by atoms with Gasteiger partial charge in [0.25, 0.3) is 0 Å². The van der Waals surface area contributed by atoms with Crippen LogP contribution in [0.15, 0.2) is 222 Å². The second kappa shape index (κ2) is 14.8. The van der Waals surface area contributed by atoms with E-state index < -0.39 is 0 Å². The summed E-state index contributed by atoms with van der Waals surface area (Å²) < 4.78 is 0. The van der Waals surface area contributed by atoms with Gasteiger partial charge in [-0.05, 0) is 90.7 Å². The van der Waals surface area contributed by atoms with Gasteiger partial charge in [0.2, 0.25) is 0 Å². The minimum Gasteiger partial charge on any atom is -0.264 e. The van der Waals surface area contributed by atoms with Gasteiger partial charge in [0.05, 0.1) is 11.4 Å². The fourth-order valence-electron chi connectivity index (χ4n) is 8.35. The van der Waals surface area contributed by atoms with Crippen molar-refractivity contribution in [2.75, 3.05) is 0 Å². The van der Waals surface area contributed by atoms with Crippen molar-refractivity contribution in [3.05, 3.63) is 213 Å². The summed E-state index contributed by atoms with van der Waals surface area (Å²) in [6.07, 6.45) is 3.69. The minimum absolute atomic E-state index is 0.677. The zero-order valence-electron chi connectivity index (χ0n) is 32.0. The third-order valence-electron chi connectivity index (χ3n) is 11.2. The van der Waals surface area contributed by atoms with Crippen molar-refractivity contribution in [1.29, 1.82) is 0 Å². The van der Waals surface area contributed by atoms with Gasteiger partial charge in [0.1, 0.15) is 0 Å². The van der Waals surface area contributed by atoms with Crippen LogP contribution in [0, 0.1) is 0 Å². The van der Waals surface area contributed by atoms with E-state index in [0.717, 1.165) is 44.8 Å². The fourth-order valence-corrected chi connectivity index (χ4v) is 9.58. The Morgan fingerprint density at radius 1 is 0.339 bits per heavy atom. The van der Waals surface area contributed by atoms with Crippen molar-refractivity contribution in [3.8, 4) is 89.5 Å². The molecule has 1 aliphatic rings. The Balaban J connectivity index is 1.17. The normalized spacial score (nSPS) is 11.7. The van der Waals surface area contributed by atoms with Crippen LogP contribution in [-0.2, 0) is 0 Å². The van der Waals surface area contributed by atoms with E-state index in [0.29, 0.717) is 5.82 Å². The van der Waals surface area contributed by atoms with E-state index in [-0.39, 0.29) is 0 Å². The Kier molecular flexibility index (Phi) is 8.76. The molecule has 4 heteroatoms. The lowest BCUT2D eigenvalue weighted by Crippen LogP contribution is -1.97. The number of hydrogen-bond donors (Lipinski definition) is 0. The van der Waals surface area contributed by atoms with E-state index in [2.05, 4.69) is 193 Å². The average molecular weight is 770 g/mol. The van der Waals surface area contributed by atoms with Gasteiger partial charge in [0, 0.05) is 38.9 Å². The molecule has 0 radical (unpaired) electrons. The van der Waals surface area contributed by atoms with Crippen LogP contribution in [0.3, 0.4) is 0 Å². The second-order valence-corrected chi connectivity index (χ2v) is 15.8. The summed E-state index contributed by atoms with van der Waals surface area (Å²) in [5, 5.41) is 2.44. The molecule has 0 atom stereocenters. The van der Waals surface area contributed by atoms with Crippen molar-refractivity contribution in [1.82, 2.24) is 15.0 Å². The molecule has 0 spiro atoms. The molecule has 0 saturated carbocycles. The van der Waals surface area contributed by atoms with Gasteiger partial charge in [-0.15, -0.1) is 0 Å². The van der Waals surface area contributed by atoms with Crippen LogP contribution in [0.1, 0.15) is 0 Å². The first-order valence-corrected chi connectivity index (χ1v) is 20.6. The number of rotatable bonds is 4. The van der Waals surface area contributed by atoms with Gasteiger partial charge in [-0.2, -0.15) is 0 Å². The number of benzene rings is 8. The van der Waals surface area contributed by atoms with E-state index in [9.17, 15) is 0 Å². The first-order chi connectivity index (χ1) is 29.2. The molecule has 0 amide bonds. The summed E-state index contributed by atoms with van der Waals surface area (Å²) in [7, 11) is 0. The quantitative estimate of drug-likeness (QED) is 0.179. The van der Waals surface area contributed by atoms with Crippen LogP contribution in [0.5, 0.6) is 0 Å². The smallest absolute Gasteiger partial charge is 0.160 e. The molecule has 0 saturated heterocycles. The number of pyridine rings is 1. The van der Waals surface area contributed by atoms with Crippen molar-refractivity contribution in [2.24, 2.45) is 0 Å². The lowest BCUT2D eigenvalue weighted by Gasteiger charge is -2.19. The van der Waals surface area contributed by atoms with Crippen LogP contribution in [0.4, 0.5) is 0 Å². The minimum atomic E-state index is 0.677. The summed E-state index contributed by atoms with van der Waals surface area (Å²) in [5.41, 5.74) is 16.5. The highest BCUT2D eigenvalue weighted by molar-refractivity contribution is 7.99. The van der Waals surface area contributed by atoms with Crippen molar-refractivity contribution in [2.45, 2.75) is 9.79 Å². The molecule has 0 fully saturated rings. The van der Waals surface area contributed by atoms with Crippen LogP contribution >= 0.6 is 11.8 Å². The molecule has 59 heavy (non-hydrogen) atoms. The molecule has 0 bridgehead atoms. The molecule has 1 aliphatic heterocycles. The van der Waals surface area contributed by atoms with E-state index in [1.807, 2.05) is 30.1 Å². The highest BCUT2D eigenvalue weighted by atomic mass is 32.2. The molecule has 3 nitrogen and oxygen atoms in total. The molecule has 0 aliphatic carbocycles. The molecule has 0 unspecified atom stereocenters. The van der Waals surface area contributed by atoms with Gasteiger partial charge in [-0.3, -0.25) is 4.98 Å². The molecule has 11 rings (SSSR count). The van der Waals surface area contributed by atoms with E-state index >= 15 is 0 Å². The van der Waals surface area contributed by atoms with Gasteiger partial charge in [0.15, 0.2) is 5.82 Å². The third kappa shape index (κ3) is 6.41. The molecule has 0 N–H and O–H groups in total.